The van der Waals surface area contributed by atoms with Crippen LogP contribution in [0.15, 0.2) is 36.4 Å². The van der Waals surface area contributed by atoms with Crippen molar-refractivity contribution in [3.8, 4) is 0 Å². The summed E-state index contributed by atoms with van der Waals surface area (Å²) in [7, 11) is 0. The highest BCUT2D eigenvalue weighted by molar-refractivity contribution is 5.86. The lowest BCUT2D eigenvalue weighted by Gasteiger charge is -2.27. The highest BCUT2D eigenvalue weighted by atomic mass is 15.1. The summed E-state index contributed by atoms with van der Waals surface area (Å²) in [6.07, 6.45) is 2.80. The lowest BCUT2D eigenvalue weighted by atomic mass is 10.0. The first kappa shape index (κ1) is 13.4. The molecule has 1 fully saturated rings. The maximum atomic E-state index is 6.25. The minimum Gasteiger partial charge on any atom is -0.398 e. The van der Waals surface area contributed by atoms with Gasteiger partial charge < -0.3 is 5.73 Å². The molecule has 0 aliphatic heterocycles. The molecule has 0 saturated heterocycles. The van der Waals surface area contributed by atoms with Gasteiger partial charge in [-0.2, -0.15) is 0 Å². The van der Waals surface area contributed by atoms with Crippen LogP contribution in [0.1, 0.15) is 32.3 Å². The van der Waals surface area contributed by atoms with Crippen molar-refractivity contribution < 1.29 is 0 Å². The van der Waals surface area contributed by atoms with Gasteiger partial charge in [-0.25, -0.2) is 0 Å². The van der Waals surface area contributed by atoms with Crippen molar-refractivity contribution in [2.75, 3.05) is 12.3 Å². The molecule has 1 aliphatic carbocycles. The van der Waals surface area contributed by atoms with E-state index in [0.29, 0.717) is 6.04 Å². The second-order valence-electron chi connectivity index (χ2n) is 6.36. The summed E-state index contributed by atoms with van der Waals surface area (Å²) < 4.78 is 0. The number of anilines is 1. The Morgan fingerprint density at radius 2 is 1.80 bits per heavy atom. The molecule has 20 heavy (non-hydrogen) atoms. The number of benzene rings is 2. The van der Waals surface area contributed by atoms with E-state index >= 15 is 0 Å². The molecule has 0 heterocycles. The predicted molar refractivity (Wildman–Crippen MR) is 86.6 cm³/mol. The Balaban J connectivity index is 1.86. The Hall–Kier alpha value is -1.54. The summed E-state index contributed by atoms with van der Waals surface area (Å²) in [5, 5.41) is 2.51. The van der Waals surface area contributed by atoms with Crippen molar-refractivity contribution in [2.45, 2.75) is 39.3 Å². The Kier molecular flexibility index (Phi) is 3.66. The van der Waals surface area contributed by atoms with Gasteiger partial charge in [0.2, 0.25) is 0 Å². The van der Waals surface area contributed by atoms with Crippen molar-refractivity contribution in [2.24, 2.45) is 5.92 Å². The summed E-state index contributed by atoms with van der Waals surface area (Å²) >= 11 is 0. The van der Waals surface area contributed by atoms with E-state index in [4.69, 9.17) is 5.73 Å². The predicted octanol–water partition coefficient (Wildman–Crippen LogP) is 4.04. The van der Waals surface area contributed by atoms with E-state index in [9.17, 15) is 0 Å². The molecule has 0 bridgehead atoms. The lowest BCUT2D eigenvalue weighted by molar-refractivity contribution is 0.204. The maximum Gasteiger partial charge on any atom is 0.0366 e. The number of rotatable bonds is 5. The molecule has 2 aromatic rings. The fraction of sp³-hybridized carbons (Fsp3) is 0.444. The number of fused-ring (bicyclic) bond motifs is 1. The molecular formula is C18H24N2. The maximum absolute atomic E-state index is 6.25. The van der Waals surface area contributed by atoms with Crippen molar-refractivity contribution in [3.05, 3.63) is 42.0 Å². The standard InChI is InChI=1S/C18H24N2/c1-13(2)20(11-14-7-8-14)12-17-9-15-5-3-4-6-16(15)10-18(17)19/h3-6,9-10,13-14H,7-8,11-12,19H2,1-2H3. The van der Waals surface area contributed by atoms with Gasteiger partial charge in [0.05, 0.1) is 0 Å². The molecule has 2 aromatic carbocycles. The van der Waals surface area contributed by atoms with Crippen LogP contribution in [-0.4, -0.2) is 17.5 Å². The number of nitrogen functional groups attached to an aromatic ring is 1. The molecule has 2 nitrogen and oxygen atoms in total. The normalized spacial score (nSPS) is 15.4. The van der Waals surface area contributed by atoms with Crippen LogP contribution in [-0.2, 0) is 6.54 Å². The minimum absolute atomic E-state index is 0.571. The van der Waals surface area contributed by atoms with Gasteiger partial charge in [0.15, 0.2) is 0 Å². The van der Waals surface area contributed by atoms with Gasteiger partial charge in [-0.3, -0.25) is 4.90 Å². The monoisotopic (exact) mass is 268 g/mol. The highest BCUT2D eigenvalue weighted by Crippen LogP contribution is 2.31. The number of hydrogen-bond donors (Lipinski definition) is 1. The summed E-state index contributed by atoms with van der Waals surface area (Å²) in [4.78, 5) is 2.55. The topological polar surface area (TPSA) is 29.3 Å². The van der Waals surface area contributed by atoms with E-state index in [0.717, 1.165) is 18.2 Å². The summed E-state index contributed by atoms with van der Waals surface area (Å²) in [6.45, 7) is 6.73. The van der Waals surface area contributed by atoms with Crippen LogP contribution in [0.4, 0.5) is 5.69 Å². The zero-order valence-corrected chi connectivity index (χ0v) is 12.5. The molecule has 3 rings (SSSR count). The largest absolute Gasteiger partial charge is 0.398 e. The second kappa shape index (κ2) is 5.45. The molecule has 0 spiro atoms. The van der Waals surface area contributed by atoms with Gasteiger partial charge in [-0.05, 0) is 61.1 Å². The third kappa shape index (κ3) is 2.96. The summed E-state index contributed by atoms with van der Waals surface area (Å²) in [5.41, 5.74) is 8.44. The van der Waals surface area contributed by atoms with Gasteiger partial charge >= 0.3 is 0 Å². The quantitative estimate of drug-likeness (QED) is 0.829. The Bertz CT molecular complexity index is 599. The number of nitrogens with zero attached hydrogens (tertiary/aromatic N) is 1. The van der Waals surface area contributed by atoms with Crippen molar-refractivity contribution in [1.29, 1.82) is 0 Å². The van der Waals surface area contributed by atoms with Gasteiger partial charge in [-0.1, -0.05) is 24.3 Å². The molecule has 1 saturated carbocycles. The van der Waals surface area contributed by atoms with Crippen LogP contribution < -0.4 is 5.73 Å². The Morgan fingerprint density at radius 1 is 1.15 bits per heavy atom. The second-order valence-corrected chi connectivity index (χ2v) is 6.36. The Morgan fingerprint density at radius 3 is 2.40 bits per heavy atom. The van der Waals surface area contributed by atoms with E-state index in [1.54, 1.807) is 0 Å². The van der Waals surface area contributed by atoms with Gasteiger partial charge in [0, 0.05) is 24.8 Å². The van der Waals surface area contributed by atoms with Crippen molar-refractivity contribution >= 4 is 16.5 Å². The Labute approximate surface area is 121 Å². The highest BCUT2D eigenvalue weighted by Gasteiger charge is 2.25. The van der Waals surface area contributed by atoms with Crippen LogP contribution in [0.5, 0.6) is 0 Å². The average molecular weight is 268 g/mol. The van der Waals surface area contributed by atoms with E-state index in [1.807, 2.05) is 0 Å². The zero-order valence-electron chi connectivity index (χ0n) is 12.5. The fourth-order valence-electron chi connectivity index (χ4n) is 2.75. The first-order valence-electron chi connectivity index (χ1n) is 7.64. The van der Waals surface area contributed by atoms with Crippen LogP contribution in [0.2, 0.25) is 0 Å². The van der Waals surface area contributed by atoms with Crippen molar-refractivity contribution in [3.63, 3.8) is 0 Å². The smallest absolute Gasteiger partial charge is 0.0366 e. The SMILES string of the molecule is CC(C)N(Cc1cc2ccccc2cc1N)CC1CC1. The van der Waals surface area contributed by atoms with Crippen LogP contribution in [0.25, 0.3) is 10.8 Å². The molecule has 0 aromatic heterocycles. The van der Waals surface area contributed by atoms with Crippen LogP contribution >= 0.6 is 0 Å². The van der Waals surface area contributed by atoms with E-state index in [2.05, 4.69) is 55.1 Å². The number of hydrogen-bond acceptors (Lipinski definition) is 2. The zero-order chi connectivity index (χ0) is 14.1. The first-order valence-corrected chi connectivity index (χ1v) is 7.64. The molecule has 0 radical (unpaired) electrons. The van der Waals surface area contributed by atoms with E-state index in [1.165, 1.54) is 35.7 Å². The molecular weight excluding hydrogens is 244 g/mol. The molecule has 0 atom stereocenters. The summed E-state index contributed by atoms with van der Waals surface area (Å²) in [5.74, 6) is 0.916. The molecule has 0 unspecified atom stereocenters. The summed E-state index contributed by atoms with van der Waals surface area (Å²) in [6, 6.07) is 13.4. The third-order valence-corrected chi connectivity index (χ3v) is 4.30. The van der Waals surface area contributed by atoms with E-state index in [-0.39, 0.29) is 0 Å². The fourth-order valence-corrected chi connectivity index (χ4v) is 2.75. The molecule has 2 heteroatoms. The molecule has 106 valence electrons. The van der Waals surface area contributed by atoms with Gasteiger partial charge in [0.1, 0.15) is 0 Å². The van der Waals surface area contributed by atoms with Crippen molar-refractivity contribution in [1.82, 2.24) is 4.90 Å². The first-order chi connectivity index (χ1) is 9.63. The van der Waals surface area contributed by atoms with Gasteiger partial charge in [-0.15, -0.1) is 0 Å². The molecule has 1 aliphatic rings. The minimum atomic E-state index is 0.571. The van der Waals surface area contributed by atoms with Crippen LogP contribution in [0, 0.1) is 5.92 Å². The lowest BCUT2D eigenvalue weighted by Crippen LogP contribution is -2.32. The molecule has 2 N–H and O–H groups in total. The molecule has 0 amide bonds. The number of nitrogens with two attached hydrogens (primary N) is 1. The third-order valence-electron chi connectivity index (χ3n) is 4.30. The van der Waals surface area contributed by atoms with Crippen LogP contribution in [0.3, 0.4) is 0 Å². The van der Waals surface area contributed by atoms with Gasteiger partial charge in [0.25, 0.3) is 0 Å². The van der Waals surface area contributed by atoms with E-state index < -0.39 is 0 Å². The average Bonchev–Trinajstić information content (AvgIpc) is 3.22.